The molecule has 0 aliphatic carbocycles. The van der Waals surface area contributed by atoms with E-state index in [4.69, 9.17) is 9.47 Å². The summed E-state index contributed by atoms with van der Waals surface area (Å²) in [5.41, 5.74) is 0. The topological polar surface area (TPSA) is 72.8 Å². The summed E-state index contributed by atoms with van der Waals surface area (Å²) in [5.74, 6) is -0.570. The monoisotopic (exact) mass is 1010 g/mol. The fraction of sp³-hybridized carbons (Fsp3) is 0.881. The molecule has 424 valence electrons. The van der Waals surface area contributed by atoms with Crippen molar-refractivity contribution < 1.29 is 24.2 Å². The Kier molecular flexibility index (Phi) is 61.8. The molecule has 0 saturated heterocycles. The van der Waals surface area contributed by atoms with E-state index in [1.54, 1.807) is 0 Å². The van der Waals surface area contributed by atoms with Gasteiger partial charge in [0.25, 0.3) is 0 Å². The molecule has 0 aromatic carbocycles. The van der Waals surface area contributed by atoms with Crippen molar-refractivity contribution in [3.63, 3.8) is 0 Å². The Labute approximate surface area is 450 Å². The highest BCUT2D eigenvalue weighted by atomic mass is 16.6. The largest absolute Gasteiger partial charge is 0.462 e. The van der Waals surface area contributed by atoms with Crippen molar-refractivity contribution in [2.45, 2.75) is 367 Å². The van der Waals surface area contributed by atoms with Gasteiger partial charge in [-0.3, -0.25) is 9.59 Å². The predicted octanol–water partition coefficient (Wildman–Crippen LogP) is 22.2. The standard InChI is InChI=1S/C67H126O5/c1-3-5-7-9-11-13-15-17-19-21-23-25-27-28-29-30-31-32-33-34-35-36-37-38-40-42-44-46-48-50-52-54-56-58-60-62-67(70)72-65(63-68)64-71-66(69)61-59-57-55-53-51-49-47-45-43-41-39-26-24-22-20-18-16-14-12-10-8-6-4-2/h15,17,21-24,65,68H,3-14,16,18-20,25-64H2,1-2H3/b17-15-,23-21-,24-22-. The van der Waals surface area contributed by atoms with Gasteiger partial charge in [0.05, 0.1) is 6.61 Å². The molecular formula is C67H126O5. The average molecular weight is 1010 g/mol. The van der Waals surface area contributed by atoms with Gasteiger partial charge >= 0.3 is 11.9 Å². The minimum atomic E-state index is -0.770. The Morgan fingerprint density at radius 2 is 0.556 bits per heavy atom. The highest BCUT2D eigenvalue weighted by Crippen LogP contribution is 2.18. The second-order valence-corrected chi connectivity index (χ2v) is 22.2. The van der Waals surface area contributed by atoms with Crippen LogP contribution in [-0.4, -0.2) is 36.4 Å². The highest BCUT2D eigenvalue weighted by molar-refractivity contribution is 5.70. The summed E-state index contributed by atoms with van der Waals surface area (Å²) in [6, 6.07) is 0. The maximum atomic E-state index is 12.3. The van der Waals surface area contributed by atoms with Crippen LogP contribution in [0.2, 0.25) is 0 Å². The molecule has 0 fully saturated rings. The minimum Gasteiger partial charge on any atom is -0.462 e. The number of carbonyl (C=O) groups excluding carboxylic acids is 2. The first kappa shape index (κ1) is 70.1. The molecule has 5 heteroatoms. The molecule has 0 spiro atoms. The van der Waals surface area contributed by atoms with Crippen LogP contribution in [0.3, 0.4) is 0 Å². The number of aliphatic hydroxyl groups is 1. The number of aliphatic hydroxyl groups excluding tert-OH is 1. The zero-order valence-electron chi connectivity index (χ0n) is 48.7. The second kappa shape index (κ2) is 63.4. The van der Waals surface area contributed by atoms with E-state index in [1.807, 2.05) is 0 Å². The molecule has 0 aliphatic heterocycles. The van der Waals surface area contributed by atoms with Crippen LogP contribution in [0.4, 0.5) is 0 Å². The van der Waals surface area contributed by atoms with Gasteiger partial charge in [-0.25, -0.2) is 0 Å². The van der Waals surface area contributed by atoms with Crippen LogP contribution in [0.5, 0.6) is 0 Å². The summed E-state index contributed by atoms with van der Waals surface area (Å²) < 4.78 is 10.7. The quantitative estimate of drug-likeness (QED) is 0.0373. The number of hydrogen-bond donors (Lipinski definition) is 1. The molecule has 0 rings (SSSR count). The van der Waals surface area contributed by atoms with E-state index >= 15 is 0 Å². The molecule has 0 amide bonds. The Morgan fingerprint density at radius 3 is 0.833 bits per heavy atom. The van der Waals surface area contributed by atoms with Crippen LogP contribution in [0.25, 0.3) is 0 Å². The maximum absolute atomic E-state index is 12.3. The van der Waals surface area contributed by atoms with Gasteiger partial charge in [0.1, 0.15) is 6.61 Å². The first-order valence-electron chi connectivity index (χ1n) is 32.5. The number of unbranched alkanes of at least 4 members (excludes halogenated alkanes) is 47. The molecule has 72 heavy (non-hydrogen) atoms. The van der Waals surface area contributed by atoms with Gasteiger partial charge in [-0.1, -0.05) is 314 Å². The summed E-state index contributed by atoms with van der Waals surface area (Å²) >= 11 is 0. The lowest BCUT2D eigenvalue weighted by molar-refractivity contribution is -0.161. The minimum absolute atomic E-state index is 0.0607. The van der Waals surface area contributed by atoms with Crippen LogP contribution in [0, 0.1) is 0 Å². The number of allylic oxidation sites excluding steroid dienone is 6. The van der Waals surface area contributed by atoms with Gasteiger partial charge in [-0.05, 0) is 70.6 Å². The van der Waals surface area contributed by atoms with Crippen LogP contribution in [0.1, 0.15) is 361 Å². The van der Waals surface area contributed by atoms with Crippen LogP contribution in [-0.2, 0) is 19.1 Å². The van der Waals surface area contributed by atoms with E-state index in [0.29, 0.717) is 12.8 Å². The Balaban J connectivity index is 3.39. The fourth-order valence-electron chi connectivity index (χ4n) is 10.00. The summed E-state index contributed by atoms with van der Waals surface area (Å²) in [7, 11) is 0. The molecule has 1 N–H and O–H groups in total. The number of ether oxygens (including phenoxy) is 2. The number of hydrogen-bond acceptors (Lipinski definition) is 5. The lowest BCUT2D eigenvalue weighted by Crippen LogP contribution is -2.28. The zero-order valence-corrected chi connectivity index (χ0v) is 48.7. The molecule has 1 unspecified atom stereocenters. The molecular weight excluding hydrogens is 885 g/mol. The van der Waals surface area contributed by atoms with E-state index in [0.717, 1.165) is 44.9 Å². The van der Waals surface area contributed by atoms with Gasteiger partial charge in [-0.2, -0.15) is 0 Å². The SMILES string of the molecule is CCCCCCC/C=C\C/C=C\CCCCCCCCCCCCCCCCCCCCCCCCCC(=O)OC(CO)COC(=O)CCCCCCCCCCCCC/C=C\CCCCCCCCCC. The maximum Gasteiger partial charge on any atom is 0.306 e. The Hall–Kier alpha value is -1.88. The summed E-state index contributed by atoms with van der Waals surface area (Å²) in [5, 5.41) is 9.68. The normalized spacial score (nSPS) is 12.3. The summed E-state index contributed by atoms with van der Waals surface area (Å²) in [4.78, 5) is 24.6. The lowest BCUT2D eigenvalue weighted by atomic mass is 10.0. The Bertz CT molecular complexity index is 1140. The van der Waals surface area contributed by atoms with E-state index < -0.39 is 6.10 Å². The zero-order chi connectivity index (χ0) is 52.0. The smallest absolute Gasteiger partial charge is 0.306 e. The van der Waals surface area contributed by atoms with E-state index in [-0.39, 0.29) is 25.2 Å². The number of rotatable bonds is 61. The lowest BCUT2D eigenvalue weighted by Gasteiger charge is -2.15. The molecule has 1 atom stereocenters. The van der Waals surface area contributed by atoms with Crippen molar-refractivity contribution in [2.24, 2.45) is 0 Å². The first-order chi connectivity index (χ1) is 35.6. The average Bonchev–Trinajstić information content (AvgIpc) is 3.38. The predicted molar refractivity (Wildman–Crippen MR) is 316 cm³/mol. The van der Waals surface area contributed by atoms with Crippen LogP contribution < -0.4 is 0 Å². The third-order valence-corrected chi connectivity index (χ3v) is 14.9. The van der Waals surface area contributed by atoms with Gasteiger partial charge in [0.15, 0.2) is 6.10 Å². The van der Waals surface area contributed by atoms with Crippen LogP contribution in [0.15, 0.2) is 36.5 Å². The van der Waals surface area contributed by atoms with Crippen molar-refractivity contribution in [3.05, 3.63) is 36.5 Å². The molecule has 0 aliphatic rings. The molecule has 0 bridgehead atoms. The Morgan fingerprint density at radius 1 is 0.319 bits per heavy atom. The number of esters is 2. The van der Waals surface area contributed by atoms with Gasteiger partial charge in [0.2, 0.25) is 0 Å². The molecule has 0 heterocycles. The van der Waals surface area contributed by atoms with E-state index in [9.17, 15) is 14.7 Å². The van der Waals surface area contributed by atoms with Crippen LogP contribution >= 0.6 is 0 Å². The number of carbonyl (C=O) groups is 2. The molecule has 5 nitrogen and oxygen atoms in total. The third kappa shape index (κ3) is 60.7. The highest BCUT2D eigenvalue weighted by Gasteiger charge is 2.16. The molecule has 0 aromatic rings. The third-order valence-electron chi connectivity index (χ3n) is 14.9. The van der Waals surface area contributed by atoms with Crippen molar-refractivity contribution in [1.29, 1.82) is 0 Å². The van der Waals surface area contributed by atoms with Gasteiger partial charge < -0.3 is 14.6 Å². The van der Waals surface area contributed by atoms with Gasteiger partial charge in [-0.15, -0.1) is 0 Å². The second-order valence-electron chi connectivity index (χ2n) is 22.2. The summed E-state index contributed by atoms with van der Waals surface area (Å²) in [6.45, 7) is 4.18. The van der Waals surface area contributed by atoms with Crippen molar-refractivity contribution in [2.75, 3.05) is 13.2 Å². The van der Waals surface area contributed by atoms with E-state index in [2.05, 4.69) is 50.3 Å². The van der Waals surface area contributed by atoms with Crippen molar-refractivity contribution in [1.82, 2.24) is 0 Å². The van der Waals surface area contributed by atoms with Gasteiger partial charge in [0, 0.05) is 12.8 Å². The first-order valence-corrected chi connectivity index (χ1v) is 32.5. The molecule has 0 saturated carbocycles. The van der Waals surface area contributed by atoms with E-state index in [1.165, 1.54) is 289 Å². The van der Waals surface area contributed by atoms with Crippen molar-refractivity contribution in [3.8, 4) is 0 Å². The molecule has 0 aromatic heterocycles. The fourth-order valence-corrected chi connectivity index (χ4v) is 10.00. The molecule has 0 radical (unpaired) electrons. The summed E-state index contributed by atoms with van der Waals surface area (Å²) in [6.07, 6.45) is 83.0. The van der Waals surface area contributed by atoms with Crippen molar-refractivity contribution >= 4 is 11.9 Å².